The zero-order valence-electron chi connectivity index (χ0n) is 16.7. The van der Waals surface area contributed by atoms with Crippen LogP contribution < -0.4 is 16.0 Å². The third-order valence-electron chi connectivity index (χ3n) is 6.40. The number of piperidine rings is 1. The maximum Gasteiger partial charge on any atom is 0.229 e. The van der Waals surface area contributed by atoms with Crippen molar-refractivity contribution >= 4 is 17.5 Å². The normalized spacial score (nSPS) is 20.0. The molecule has 0 bridgehead atoms. The Morgan fingerprint density at radius 1 is 1.11 bits per heavy atom. The highest BCUT2D eigenvalue weighted by Gasteiger charge is 2.36. The van der Waals surface area contributed by atoms with Gasteiger partial charge in [-0.1, -0.05) is 0 Å². The Kier molecular flexibility index (Phi) is 5.04. The standard InChI is InChI=1S/C20H31N7/c1-14-15(2)23-19(25-17-12-22-27(3)13-17)26-18(14)24-16-4-6-20(7-5-16)8-10-21-11-9-20/h12-13,16,21H,4-11H2,1-3H3,(H2,23,24,25,26). The van der Waals surface area contributed by atoms with E-state index >= 15 is 0 Å². The Morgan fingerprint density at radius 3 is 2.52 bits per heavy atom. The van der Waals surface area contributed by atoms with Gasteiger partial charge in [-0.25, -0.2) is 4.98 Å². The first kappa shape index (κ1) is 18.2. The smallest absolute Gasteiger partial charge is 0.229 e. The summed E-state index contributed by atoms with van der Waals surface area (Å²) < 4.78 is 1.77. The van der Waals surface area contributed by atoms with Gasteiger partial charge in [-0.05, 0) is 70.9 Å². The van der Waals surface area contributed by atoms with E-state index in [0.717, 1.165) is 22.8 Å². The summed E-state index contributed by atoms with van der Waals surface area (Å²) >= 11 is 0. The number of nitrogens with zero attached hydrogens (tertiary/aromatic N) is 4. The molecule has 2 aromatic heterocycles. The van der Waals surface area contributed by atoms with Gasteiger partial charge < -0.3 is 16.0 Å². The van der Waals surface area contributed by atoms with Crippen molar-refractivity contribution in [1.29, 1.82) is 0 Å². The molecule has 1 saturated carbocycles. The van der Waals surface area contributed by atoms with Crippen LogP contribution in [-0.4, -0.2) is 38.9 Å². The minimum absolute atomic E-state index is 0.504. The van der Waals surface area contributed by atoms with Crippen molar-refractivity contribution in [2.24, 2.45) is 12.5 Å². The monoisotopic (exact) mass is 369 g/mol. The molecule has 0 radical (unpaired) electrons. The fourth-order valence-electron chi connectivity index (χ4n) is 4.47. The molecule has 0 aromatic carbocycles. The predicted octanol–water partition coefficient (Wildman–Crippen LogP) is 3.29. The molecule has 0 atom stereocenters. The summed E-state index contributed by atoms with van der Waals surface area (Å²) in [7, 11) is 1.90. The molecule has 3 N–H and O–H groups in total. The maximum absolute atomic E-state index is 4.76. The molecule has 7 heteroatoms. The highest BCUT2D eigenvalue weighted by atomic mass is 15.3. The molecule has 146 valence electrons. The number of anilines is 3. The largest absolute Gasteiger partial charge is 0.367 e. The third kappa shape index (κ3) is 4.08. The fourth-order valence-corrected chi connectivity index (χ4v) is 4.47. The summed E-state index contributed by atoms with van der Waals surface area (Å²) in [5.41, 5.74) is 3.63. The van der Waals surface area contributed by atoms with E-state index in [1.54, 1.807) is 10.9 Å². The first-order chi connectivity index (χ1) is 13.0. The lowest BCUT2D eigenvalue weighted by Gasteiger charge is -2.43. The minimum Gasteiger partial charge on any atom is -0.367 e. The highest BCUT2D eigenvalue weighted by molar-refractivity contribution is 5.56. The van der Waals surface area contributed by atoms with E-state index in [2.05, 4.69) is 33.0 Å². The van der Waals surface area contributed by atoms with Gasteiger partial charge in [0.05, 0.1) is 11.9 Å². The summed E-state index contributed by atoms with van der Waals surface area (Å²) in [6.45, 7) is 6.52. The quantitative estimate of drug-likeness (QED) is 0.767. The van der Waals surface area contributed by atoms with E-state index in [1.807, 2.05) is 20.2 Å². The minimum atomic E-state index is 0.504. The molecule has 0 amide bonds. The van der Waals surface area contributed by atoms with E-state index in [0.29, 0.717) is 17.4 Å². The van der Waals surface area contributed by atoms with Crippen LogP contribution in [0.25, 0.3) is 0 Å². The average molecular weight is 370 g/mol. The topological polar surface area (TPSA) is 79.7 Å². The lowest BCUT2D eigenvalue weighted by Crippen LogP contribution is -2.41. The van der Waals surface area contributed by atoms with Gasteiger partial charge in [0.15, 0.2) is 0 Å². The third-order valence-corrected chi connectivity index (χ3v) is 6.40. The Bertz CT molecular complexity index is 782. The van der Waals surface area contributed by atoms with Gasteiger partial charge in [0.1, 0.15) is 5.82 Å². The summed E-state index contributed by atoms with van der Waals surface area (Å²) in [6.07, 6.45) is 11.5. The van der Waals surface area contributed by atoms with Crippen LogP contribution in [0.1, 0.15) is 49.8 Å². The van der Waals surface area contributed by atoms with Gasteiger partial charge in [0.25, 0.3) is 0 Å². The van der Waals surface area contributed by atoms with Crippen molar-refractivity contribution in [3.05, 3.63) is 23.7 Å². The van der Waals surface area contributed by atoms with Crippen LogP contribution in [0.5, 0.6) is 0 Å². The Balaban J connectivity index is 1.44. The van der Waals surface area contributed by atoms with Crippen LogP contribution in [-0.2, 0) is 7.05 Å². The molecule has 2 fully saturated rings. The lowest BCUT2D eigenvalue weighted by atomic mass is 9.67. The number of hydrogen-bond acceptors (Lipinski definition) is 6. The summed E-state index contributed by atoms with van der Waals surface area (Å²) in [6, 6.07) is 0.504. The van der Waals surface area contributed by atoms with Gasteiger partial charge in [-0.3, -0.25) is 4.68 Å². The number of rotatable bonds is 4. The summed E-state index contributed by atoms with van der Waals surface area (Å²) in [5.74, 6) is 1.58. The molecule has 0 unspecified atom stereocenters. The molecule has 1 aliphatic carbocycles. The van der Waals surface area contributed by atoms with Crippen molar-refractivity contribution < 1.29 is 0 Å². The highest BCUT2D eigenvalue weighted by Crippen LogP contribution is 2.43. The zero-order valence-corrected chi connectivity index (χ0v) is 16.7. The molecule has 1 saturated heterocycles. The van der Waals surface area contributed by atoms with Crippen LogP contribution in [0, 0.1) is 19.3 Å². The van der Waals surface area contributed by atoms with E-state index in [4.69, 9.17) is 4.98 Å². The Hall–Kier alpha value is -2.15. The van der Waals surface area contributed by atoms with Crippen molar-refractivity contribution in [1.82, 2.24) is 25.1 Å². The van der Waals surface area contributed by atoms with Crippen LogP contribution in [0.15, 0.2) is 12.4 Å². The van der Waals surface area contributed by atoms with Crippen LogP contribution in [0.2, 0.25) is 0 Å². The molecule has 1 spiro atoms. The second-order valence-corrected chi connectivity index (χ2v) is 8.30. The molecule has 7 nitrogen and oxygen atoms in total. The van der Waals surface area contributed by atoms with E-state index in [9.17, 15) is 0 Å². The average Bonchev–Trinajstić information content (AvgIpc) is 3.07. The van der Waals surface area contributed by atoms with E-state index in [1.165, 1.54) is 51.6 Å². The number of aromatic nitrogens is 4. The SMILES string of the molecule is Cc1nc(Nc2cnn(C)c2)nc(NC2CCC3(CCNCC3)CC2)c1C. The second kappa shape index (κ2) is 7.46. The first-order valence-corrected chi connectivity index (χ1v) is 10.1. The maximum atomic E-state index is 4.76. The van der Waals surface area contributed by atoms with E-state index < -0.39 is 0 Å². The number of nitrogens with one attached hydrogen (secondary N) is 3. The van der Waals surface area contributed by atoms with Crippen LogP contribution in [0.4, 0.5) is 17.5 Å². The van der Waals surface area contributed by atoms with Gasteiger partial charge in [0, 0.05) is 30.5 Å². The van der Waals surface area contributed by atoms with Gasteiger partial charge >= 0.3 is 0 Å². The van der Waals surface area contributed by atoms with Gasteiger partial charge in [0.2, 0.25) is 5.95 Å². The number of aryl methyl sites for hydroxylation is 2. The molecular formula is C20H31N7. The van der Waals surface area contributed by atoms with Crippen molar-refractivity contribution in [2.75, 3.05) is 23.7 Å². The summed E-state index contributed by atoms with van der Waals surface area (Å²) in [4.78, 5) is 9.35. The van der Waals surface area contributed by atoms with Crippen LogP contribution in [0.3, 0.4) is 0 Å². The summed E-state index contributed by atoms with van der Waals surface area (Å²) in [5, 5.41) is 14.7. The van der Waals surface area contributed by atoms with E-state index in [-0.39, 0.29) is 0 Å². The molecular weight excluding hydrogens is 338 g/mol. The molecule has 1 aliphatic heterocycles. The molecule has 2 aliphatic rings. The second-order valence-electron chi connectivity index (χ2n) is 8.30. The zero-order chi connectivity index (χ0) is 18.9. The fraction of sp³-hybridized carbons (Fsp3) is 0.650. The Labute approximate surface area is 161 Å². The van der Waals surface area contributed by atoms with Crippen molar-refractivity contribution in [3.8, 4) is 0 Å². The molecule has 2 aromatic rings. The Morgan fingerprint density at radius 2 is 1.85 bits per heavy atom. The van der Waals surface area contributed by atoms with Crippen molar-refractivity contribution in [3.63, 3.8) is 0 Å². The number of hydrogen-bond donors (Lipinski definition) is 3. The molecule has 27 heavy (non-hydrogen) atoms. The van der Waals surface area contributed by atoms with Crippen molar-refractivity contribution in [2.45, 2.75) is 58.4 Å². The van der Waals surface area contributed by atoms with Gasteiger partial charge in [-0.2, -0.15) is 10.1 Å². The van der Waals surface area contributed by atoms with Gasteiger partial charge in [-0.15, -0.1) is 0 Å². The molecule has 3 heterocycles. The van der Waals surface area contributed by atoms with Crippen LogP contribution >= 0.6 is 0 Å². The molecule has 4 rings (SSSR count). The first-order valence-electron chi connectivity index (χ1n) is 10.1. The predicted molar refractivity (Wildman–Crippen MR) is 108 cm³/mol. The lowest BCUT2D eigenvalue weighted by molar-refractivity contribution is 0.128.